The van der Waals surface area contributed by atoms with Crippen molar-refractivity contribution >= 4 is 21.7 Å². The molecule has 0 bridgehead atoms. The zero-order chi connectivity index (χ0) is 14.3. The van der Waals surface area contributed by atoms with Crippen LogP contribution in [0.4, 0.5) is 0 Å². The maximum atomic E-state index is 11.5. The van der Waals surface area contributed by atoms with Crippen molar-refractivity contribution in [1.82, 2.24) is 0 Å². The van der Waals surface area contributed by atoms with Crippen molar-refractivity contribution < 1.29 is 14.3 Å². The largest absolute Gasteiger partial charge is 0.490 e. The molecule has 0 saturated carbocycles. The van der Waals surface area contributed by atoms with Crippen LogP contribution in [0.5, 0.6) is 5.75 Å². The Hall–Kier alpha value is -0.870. The van der Waals surface area contributed by atoms with E-state index in [0.29, 0.717) is 30.4 Å². The topological polar surface area (TPSA) is 35.5 Å². The van der Waals surface area contributed by atoms with Crippen LogP contribution < -0.4 is 4.74 Å². The first kappa shape index (κ1) is 16.2. The molecule has 1 rings (SSSR count). The van der Waals surface area contributed by atoms with Crippen molar-refractivity contribution in [2.24, 2.45) is 5.92 Å². The van der Waals surface area contributed by atoms with Gasteiger partial charge in [0, 0.05) is 11.1 Å². The van der Waals surface area contributed by atoms with Crippen LogP contribution in [0.3, 0.4) is 0 Å². The van der Waals surface area contributed by atoms with E-state index in [0.717, 1.165) is 17.5 Å². The molecular weight excluding hydrogens is 308 g/mol. The first-order valence-electron chi connectivity index (χ1n) is 6.51. The van der Waals surface area contributed by atoms with E-state index in [1.807, 2.05) is 6.07 Å². The third-order valence-corrected chi connectivity index (χ3v) is 3.14. The molecule has 0 N–H and O–H groups in total. The quantitative estimate of drug-likeness (QED) is 0.532. The third-order valence-electron chi connectivity index (χ3n) is 2.65. The van der Waals surface area contributed by atoms with E-state index in [-0.39, 0.29) is 5.78 Å². The van der Waals surface area contributed by atoms with E-state index in [4.69, 9.17) is 9.47 Å². The number of carbonyl (C=O) groups is 1. The number of Topliss-reactive ketones (excluding diaryl/α,β-unsaturated/α-hetero) is 1. The molecule has 1 aromatic rings. The average molecular weight is 329 g/mol. The average Bonchev–Trinajstić information content (AvgIpc) is 2.34. The Morgan fingerprint density at radius 1 is 1.26 bits per heavy atom. The maximum absolute atomic E-state index is 11.5. The Morgan fingerprint density at radius 3 is 2.63 bits per heavy atom. The van der Waals surface area contributed by atoms with Crippen LogP contribution in [-0.2, 0) is 4.74 Å². The highest BCUT2D eigenvalue weighted by Gasteiger charge is 2.08. The van der Waals surface area contributed by atoms with Crippen LogP contribution in [0.15, 0.2) is 22.7 Å². The summed E-state index contributed by atoms with van der Waals surface area (Å²) in [5.41, 5.74) is 0.594. The fourth-order valence-electron chi connectivity index (χ4n) is 1.53. The second-order valence-corrected chi connectivity index (χ2v) is 5.76. The van der Waals surface area contributed by atoms with Gasteiger partial charge in [-0.3, -0.25) is 4.79 Å². The smallest absolute Gasteiger partial charge is 0.163 e. The summed E-state index contributed by atoms with van der Waals surface area (Å²) in [5.74, 6) is 1.26. The van der Waals surface area contributed by atoms with Crippen molar-refractivity contribution in [2.45, 2.75) is 27.2 Å². The van der Waals surface area contributed by atoms with E-state index in [9.17, 15) is 4.79 Å². The summed E-state index contributed by atoms with van der Waals surface area (Å²) in [7, 11) is 0. The fraction of sp³-hybridized carbons (Fsp3) is 0.533. The minimum Gasteiger partial charge on any atom is -0.490 e. The lowest BCUT2D eigenvalue weighted by Crippen LogP contribution is -2.10. The van der Waals surface area contributed by atoms with E-state index in [2.05, 4.69) is 29.8 Å². The molecule has 0 heterocycles. The van der Waals surface area contributed by atoms with Crippen LogP contribution in [-0.4, -0.2) is 25.6 Å². The highest BCUT2D eigenvalue weighted by molar-refractivity contribution is 9.10. The van der Waals surface area contributed by atoms with Gasteiger partial charge in [-0.05, 0) is 37.5 Å². The van der Waals surface area contributed by atoms with Gasteiger partial charge in [-0.2, -0.15) is 0 Å². The molecule has 0 aliphatic heterocycles. The minimum absolute atomic E-state index is 0.00275. The zero-order valence-corrected chi connectivity index (χ0v) is 13.3. The molecule has 4 heteroatoms. The number of ether oxygens (including phenoxy) is 2. The predicted molar refractivity (Wildman–Crippen MR) is 79.9 cm³/mol. The number of benzene rings is 1. The lowest BCUT2D eigenvalue weighted by Gasteiger charge is -2.11. The Kier molecular flexibility index (Phi) is 7.10. The number of hydrogen-bond acceptors (Lipinski definition) is 3. The first-order valence-corrected chi connectivity index (χ1v) is 7.31. The zero-order valence-electron chi connectivity index (χ0n) is 11.7. The van der Waals surface area contributed by atoms with Gasteiger partial charge in [-0.25, -0.2) is 0 Å². The highest BCUT2D eigenvalue weighted by atomic mass is 79.9. The van der Waals surface area contributed by atoms with Crippen molar-refractivity contribution in [1.29, 1.82) is 0 Å². The second kappa shape index (κ2) is 8.33. The molecule has 0 aromatic heterocycles. The SMILES string of the molecule is CC(=O)c1cc(Br)ccc1OCCOCCC(C)C. The lowest BCUT2D eigenvalue weighted by atomic mass is 10.1. The van der Waals surface area contributed by atoms with Gasteiger partial charge in [0.2, 0.25) is 0 Å². The summed E-state index contributed by atoms with van der Waals surface area (Å²) in [6.45, 7) is 7.62. The molecule has 0 radical (unpaired) electrons. The number of halogens is 1. The summed E-state index contributed by atoms with van der Waals surface area (Å²) in [6.07, 6.45) is 1.05. The normalized spacial score (nSPS) is 10.8. The first-order chi connectivity index (χ1) is 9.00. The van der Waals surface area contributed by atoms with Crippen molar-refractivity contribution in [3.63, 3.8) is 0 Å². The molecule has 0 atom stereocenters. The van der Waals surface area contributed by atoms with Gasteiger partial charge in [0.25, 0.3) is 0 Å². The Bertz CT molecular complexity index is 416. The Balaban J connectivity index is 2.39. The molecule has 0 amide bonds. The van der Waals surface area contributed by atoms with Gasteiger partial charge in [0.15, 0.2) is 5.78 Å². The molecule has 1 aromatic carbocycles. The Morgan fingerprint density at radius 2 is 2.00 bits per heavy atom. The van der Waals surface area contributed by atoms with Gasteiger partial charge < -0.3 is 9.47 Å². The Labute approximate surface area is 123 Å². The predicted octanol–water partition coefficient (Wildman–Crippen LogP) is 4.09. The molecule has 0 fully saturated rings. The van der Waals surface area contributed by atoms with Gasteiger partial charge in [0.1, 0.15) is 12.4 Å². The molecular formula is C15H21BrO3. The molecule has 0 aliphatic rings. The molecule has 0 saturated heterocycles. The van der Waals surface area contributed by atoms with Crippen LogP contribution in [0.25, 0.3) is 0 Å². The van der Waals surface area contributed by atoms with Crippen molar-refractivity contribution in [2.75, 3.05) is 19.8 Å². The summed E-state index contributed by atoms with van der Waals surface area (Å²) < 4.78 is 11.9. The van der Waals surface area contributed by atoms with E-state index in [1.54, 1.807) is 12.1 Å². The molecule has 3 nitrogen and oxygen atoms in total. The van der Waals surface area contributed by atoms with E-state index >= 15 is 0 Å². The van der Waals surface area contributed by atoms with Crippen molar-refractivity contribution in [3.8, 4) is 5.75 Å². The number of hydrogen-bond donors (Lipinski definition) is 0. The molecule has 0 aliphatic carbocycles. The fourth-order valence-corrected chi connectivity index (χ4v) is 1.90. The monoisotopic (exact) mass is 328 g/mol. The lowest BCUT2D eigenvalue weighted by molar-refractivity contribution is 0.0907. The third kappa shape index (κ3) is 6.21. The number of ketones is 1. The summed E-state index contributed by atoms with van der Waals surface area (Å²) >= 11 is 3.35. The second-order valence-electron chi connectivity index (χ2n) is 4.84. The summed E-state index contributed by atoms with van der Waals surface area (Å²) in [4.78, 5) is 11.5. The van der Waals surface area contributed by atoms with Crippen LogP contribution in [0, 0.1) is 5.92 Å². The van der Waals surface area contributed by atoms with Crippen LogP contribution in [0.2, 0.25) is 0 Å². The summed E-state index contributed by atoms with van der Waals surface area (Å²) in [6, 6.07) is 5.44. The van der Waals surface area contributed by atoms with Crippen LogP contribution >= 0.6 is 15.9 Å². The van der Waals surface area contributed by atoms with Gasteiger partial charge >= 0.3 is 0 Å². The minimum atomic E-state index is -0.00275. The van der Waals surface area contributed by atoms with Gasteiger partial charge in [-0.1, -0.05) is 29.8 Å². The molecule has 0 unspecified atom stereocenters. The maximum Gasteiger partial charge on any atom is 0.163 e. The van der Waals surface area contributed by atoms with E-state index in [1.165, 1.54) is 6.92 Å². The molecule has 0 spiro atoms. The van der Waals surface area contributed by atoms with Gasteiger partial charge in [-0.15, -0.1) is 0 Å². The molecule has 19 heavy (non-hydrogen) atoms. The summed E-state index contributed by atoms with van der Waals surface area (Å²) in [5, 5.41) is 0. The van der Waals surface area contributed by atoms with Crippen molar-refractivity contribution in [3.05, 3.63) is 28.2 Å². The van der Waals surface area contributed by atoms with Gasteiger partial charge in [0.05, 0.1) is 12.2 Å². The standard InChI is InChI=1S/C15H21BrO3/c1-11(2)6-7-18-8-9-19-15-5-4-13(16)10-14(15)12(3)17/h4-5,10-11H,6-9H2,1-3H3. The number of rotatable bonds is 8. The van der Waals surface area contributed by atoms with E-state index < -0.39 is 0 Å². The molecule has 106 valence electrons. The van der Waals surface area contributed by atoms with Crippen LogP contribution in [0.1, 0.15) is 37.6 Å². The number of carbonyl (C=O) groups excluding carboxylic acids is 1. The highest BCUT2D eigenvalue weighted by Crippen LogP contribution is 2.23.